The second-order valence-corrected chi connectivity index (χ2v) is 7.68. The molecule has 0 bridgehead atoms. The van der Waals surface area contributed by atoms with E-state index in [9.17, 15) is 14.4 Å². The van der Waals surface area contributed by atoms with Gasteiger partial charge in [0.05, 0.1) is 23.0 Å². The van der Waals surface area contributed by atoms with Crippen LogP contribution in [0, 0.1) is 3.57 Å². The molecule has 0 aromatic heterocycles. The first-order valence-corrected chi connectivity index (χ1v) is 10.6. The Morgan fingerprint density at radius 3 is 2.58 bits per heavy atom. The van der Waals surface area contributed by atoms with E-state index in [2.05, 4.69) is 5.43 Å². The van der Waals surface area contributed by atoms with Crippen LogP contribution in [0.4, 0.5) is 5.69 Å². The lowest BCUT2D eigenvalue weighted by atomic mass is 10.1. The molecule has 0 saturated carbocycles. The van der Waals surface area contributed by atoms with Gasteiger partial charge < -0.3 is 14.2 Å². The molecular weight excluding hydrogens is 515 g/mol. The van der Waals surface area contributed by atoms with Crippen molar-refractivity contribution in [2.45, 2.75) is 20.0 Å². The molecule has 2 aromatic rings. The molecule has 1 heterocycles. The maximum atomic E-state index is 12.8. The molecule has 0 spiro atoms. The fourth-order valence-electron chi connectivity index (χ4n) is 2.90. The predicted octanol–water partition coefficient (Wildman–Crippen LogP) is 3.09. The number of rotatable bonds is 7. The number of anilines is 1. The minimum absolute atomic E-state index is 0.00438. The van der Waals surface area contributed by atoms with Crippen LogP contribution >= 0.6 is 22.6 Å². The number of hydrogen-bond acceptors (Lipinski definition) is 6. The van der Waals surface area contributed by atoms with Gasteiger partial charge >= 0.3 is 5.97 Å². The molecule has 1 fully saturated rings. The number of benzene rings is 2. The van der Waals surface area contributed by atoms with Crippen LogP contribution in [0.15, 0.2) is 48.0 Å². The molecule has 1 aliphatic rings. The zero-order valence-electron chi connectivity index (χ0n) is 17.2. The summed E-state index contributed by atoms with van der Waals surface area (Å²) in [4.78, 5) is 37.1. The third-order valence-corrected chi connectivity index (χ3v) is 5.18. The van der Waals surface area contributed by atoms with Crippen molar-refractivity contribution in [2.75, 3.05) is 18.7 Å². The molecular formula is C22H21IN2O6. The van der Waals surface area contributed by atoms with Crippen molar-refractivity contribution in [1.29, 1.82) is 0 Å². The molecule has 0 aliphatic carbocycles. The second-order valence-electron chi connectivity index (χ2n) is 6.52. The Bertz CT molecular complexity index is 1040. The monoisotopic (exact) mass is 536 g/mol. The highest BCUT2D eigenvalue weighted by molar-refractivity contribution is 14.1. The molecule has 1 saturated heterocycles. The Morgan fingerprint density at radius 1 is 1.23 bits per heavy atom. The van der Waals surface area contributed by atoms with Crippen LogP contribution in [0.1, 0.15) is 19.4 Å². The Labute approximate surface area is 193 Å². The number of amides is 2. The molecule has 1 N–H and O–H groups in total. The van der Waals surface area contributed by atoms with Crippen LogP contribution in [-0.2, 0) is 19.1 Å². The Balaban J connectivity index is 1.89. The van der Waals surface area contributed by atoms with Gasteiger partial charge in [-0.05, 0) is 72.3 Å². The quantitative estimate of drug-likeness (QED) is 0.253. The molecule has 31 heavy (non-hydrogen) atoms. The van der Waals surface area contributed by atoms with E-state index in [4.69, 9.17) is 14.2 Å². The summed E-state index contributed by atoms with van der Waals surface area (Å²) >= 11 is 2.04. The number of para-hydroxylation sites is 1. The molecule has 3 rings (SSSR count). The van der Waals surface area contributed by atoms with Crippen LogP contribution in [0.25, 0.3) is 6.08 Å². The molecule has 8 nitrogen and oxygen atoms in total. The van der Waals surface area contributed by atoms with E-state index in [1.165, 1.54) is 18.2 Å². The maximum Gasteiger partial charge on any atom is 0.347 e. The van der Waals surface area contributed by atoms with Crippen LogP contribution in [-0.4, -0.2) is 37.6 Å². The predicted molar refractivity (Wildman–Crippen MR) is 122 cm³/mol. The minimum Gasteiger partial charge on any atom is -0.493 e. The van der Waals surface area contributed by atoms with Crippen LogP contribution in [0.5, 0.6) is 11.5 Å². The summed E-state index contributed by atoms with van der Waals surface area (Å²) in [6.45, 7) is 3.56. The summed E-state index contributed by atoms with van der Waals surface area (Å²) in [5.41, 5.74) is 3.70. The number of carbonyl (C=O) groups excluding carboxylic acids is 3. The van der Waals surface area contributed by atoms with Gasteiger partial charge in [0.1, 0.15) is 5.57 Å². The SMILES string of the molecule is CCOC(=O)[C@H](C)Oc1c(I)cc(/C=C2/C(=O)NN(c3ccccc3)C2=O)cc1OC. The Morgan fingerprint density at radius 2 is 1.94 bits per heavy atom. The summed E-state index contributed by atoms with van der Waals surface area (Å²) in [5, 5.41) is 1.20. The van der Waals surface area contributed by atoms with Crippen LogP contribution in [0.2, 0.25) is 0 Å². The van der Waals surface area contributed by atoms with Crippen molar-refractivity contribution >= 4 is 52.1 Å². The molecule has 2 amide bonds. The van der Waals surface area contributed by atoms with Gasteiger partial charge in [0.2, 0.25) is 0 Å². The highest BCUT2D eigenvalue weighted by atomic mass is 127. The maximum absolute atomic E-state index is 12.8. The van der Waals surface area contributed by atoms with Gasteiger partial charge in [0.15, 0.2) is 17.6 Å². The van der Waals surface area contributed by atoms with E-state index in [1.807, 2.05) is 28.7 Å². The van der Waals surface area contributed by atoms with Crippen LogP contribution < -0.4 is 19.9 Å². The average molecular weight is 536 g/mol. The number of carbonyl (C=O) groups is 3. The smallest absolute Gasteiger partial charge is 0.347 e. The standard InChI is InChI=1S/C22H21IN2O6/c1-4-30-22(28)13(2)31-19-17(23)11-14(12-18(19)29-3)10-16-20(26)24-25(21(16)27)15-8-6-5-7-9-15/h5-13H,4H2,1-3H3,(H,24,26)/b16-10-/t13-/m0/s1. The Kier molecular flexibility index (Phi) is 7.16. The van der Waals surface area contributed by atoms with Crippen molar-refractivity contribution in [3.8, 4) is 11.5 Å². The number of esters is 1. The van der Waals surface area contributed by atoms with E-state index in [0.29, 0.717) is 26.3 Å². The summed E-state index contributed by atoms with van der Waals surface area (Å²) in [6.07, 6.45) is 0.664. The van der Waals surface area contributed by atoms with Gasteiger partial charge in [0, 0.05) is 0 Å². The lowest BCUT2D eigenvalue weighted by Crippen LogP contribution is -2.35. The highest BCUT2D eigenvalue weighted by Crippen LogP contribution is 2.36. The van der Waals surface area contributed by atoms with E-state index in [1.54, 1.807) is 50.2 Å². The van der Waals surface area contributed by atoms with Gasteiger partial charge in [-0.1, -0.05) is 18.2 Å². The van der Waals surface area contributed by atoms with E-state index < -0.39 is 23.9 Å². The van der Waals surface area contributed by atoms with Gasteiger partial charge in [-0.3, -0.25) is 15.0 Å². The molecule has 1 aliphatic heterocycles. The zero-order valence-corrected chi connectivity index (χ0v) is 19.3. The lowest BCUT2D eigenvalue weighted by Gasteiger charge is -2.17. The van der Waals surface area contributed by atoms with Crippen LogP contribution in [0.3, 0.4) is 0 Å². The average Bonchev–Trinajstić information content (AvgIpc) is 3.04. The summed E-state index contributed by atoms with van der Waals surface area (Å²) < 4.78 is 16.8. The normalized spacial score (nSPS) is 15.6. The molecule has 1 atom stereocenters. The lowest BCUT2D eigenvalue weighted by molar-refractivity contribution is -0.150. The second kappa shape index (κ2) is 9.82. The summed E-state index contributed by atoms with van der Waals surface area (Å²) in [7, 11) is 1.47. The fraction of sp³-hybridized carbons (Fsp3) is 0.227. The number of methoxy groups -OCH3 is 1. The third-order valence-electron chi connectivity index (χ3n) is 4.38. The third kappa shape index (κ3) is 4.98. The number of hydrazine groups is 1. The molecule has 0 unspecified atom stereocenters. The first kappa shape index (κ1) is 22.6. The van der Waals surface area contributed by atoms with E-state index >= 15 is 0 Å². The van der Waals surface area contributed by atoms with Gasteiger partial charge in [-0.15, -0.1) is 0 Å². The van der Waals surface area contributed by atoms with E-state index in [0.717, 1.165) is 0 Å². The number of halogens is 1. The van der Waals surface area contributed by atoms with Crippen molar-refractivity contribution in [3.05, 3.63) is 57.2 Å². The summed E-state index contributed by atoms with van der Waals surface area (Å²) in [5.74, 6) is -0.708. The summed E-state index contributed by atoms with van der Waals surface area (Å²) in [6, 6.07) is 12.2. The van der Waals surface area contributed by atoms with Crippen molar-refractivity contribution in [1.82, 2.24) is 5.43 Å². The number of hydrogen-bond donors (Lipinski definition) is 1. The molecule has 9 heteroatoms. The number of ether oxygens (including phenoxy) is 3. The number of nitrogens with zero attached hydrogens (tertiary/aromatic N) is 1. The van der Waals surface area contributed by atoms with Crippen molar-refractivity contribution in [3.63, 3.8) is 0 Å². The van der Waals surface area contributed by atoms with Gasteiger partial charge in [-0.2, -0.15) is 0 Å². The topological polar surface area (TPSA) is 94.2 Å². The minimum atomic E-state index is -0.826. The first-order valence-electron chi connectivity index (χ1n) is 9.48. The Hall–Kier alpha value is -3.08. The number of nitrogens with one attached hydrogen (secondary N) is 1. The highest BCUT2D eigenvalue weighted by Gasteiger charge is 2.34. The van der Waals surface area contributed by atoms with Crippen molar-refractivity contribution in [2.24, 2.45) is 0 Å². The first-order chi connectivity index (χ1) is 14.8. The molecule has 0 radical (unpaired) electrons. The molecule has 2 aromatic carbocycles. The van der Waals surface area contributed by atoms with Crippen molar-refractivity contribution < 1.29 is 28.6 Å². The largest absolute Gasteiger partial charge is 0.493 e. The van der Waals surface area contributed by atoms with E-state index in [-0.39, 0.29) is 12.2 Å². The fourth-order valence-corrected chi connectivity index (χ4v) is 3.66. The van der Waals surface area contributed by atoms with Gasteiger partial charge in [0.25, 0.3) is 11.8 Å². The molecule has 162 valence electrons. The van der Waals surface area contributed by atoms with Gasteiger partial charge in [-0.25, -0.2) is 9.80 Å². The zero-order chi connectivity index (χ0) is 22.5.